The van der Waals surface area contributed by atoms with Crippen LogP contribution in [0.2, 0.25) is 0 Å². The number of carbonyl (C=O) groups is 1. The summed E-state index contributed by atoms with van der Waals surface area (Å²) in [5, 5.41) is 4.08. The van der Waals surface area contributed by atoms with E-state index in [4.69, 9.17) is 4.74 Å². The number of hydrogen-bond donors (Lipinski definition) is 1. The van der Waals surface area contributed by atoms with E-state index in [-0.39, 0.29) is 5.91 Å². The van der Waals surface area contributed by atoms with Crippen LogP contribution in [0.4, 0.5) is 5.69 Å². The summed E-state index contributed by atoms with van der Waals surface area (Å²) in [5.41, 5.74) is 6.89. The van der Waals surface area contributed by atoms with E-state index in [1.807, 2.05) is 36.4 Å². The van der Waals surface area contributed by atoms with Gasteiger partial charge < -0.3 is 9.64 Å². The number of benzene rings is 2. The topological polar surface area (TPSA) is 53.9 Å². The highest BCUT2D eigenvalue weighted by Crippen LogP contribution is 2.19. The molecule has 0 aromatic heterocycles. The van der Waals surface area contributed by atoms with Crippen molar-refractivity contribution in [3.63, 3.8) is 0 Å². The number of ether oxygens (including phenoxy) is 1. The average Bonchev–Trinajstić information content (AvgIpc) is 2.64. The molecule has 1 fully saturated rings. The van der Waals surface area contributed by atoms with E-state index in [9.17, 15) is 4.79 Å². The number of hydrazone groups is 1. The van der Waals surface area contributed by atoms with Crippen LogP contribution >= 0.6 is 0 Å². The maximum absolute atomic E-state index is 11.9. The van der Waals surface area contributed by atoms with E-state index >= 15 is 0 Å². The maximum atomic E-state index is 11.9. The van der Waals surface area contributed by atoms with Gasteiger partial charge in [-0.1, -0.05) is 36.4 Å². The lowest BCUT2D eigenvalue weighted by atomic mass is 10.1. The minimum absolute atomic E-state index is 0.120. The van der Waals surface area contributed by atoms with E-state index in [1.54, 1.807) is 6.21 Å². The van der Waals surface area contributed by atoms with Gasteiger partial charge in [0, 0.05) is 18.8 Å². The number of nitrogens with zero attached hydrogens (tertiary/aromatic N) is 2. The van der Waals surface area contributed by atoms with Crippen LogP contribution in [0.1, 0.15) is 16.7 Å². The smallest absolute Gasteiger partial charge is 0.244 e. The van der Waals surface area contributed by atoms with Gasteiger partial charge in [0.15, 0.2) is 0 Å². The molecule has 2 aromatic carbocycles. The Morgan fingerprint density at radius 1 is 1.20 bits per heavy atom. The highest BCUT2D eigenvalue weighted by molar-refractivity contribution is 5.85. The Kier molecular flexibility index (Phi) is 5.80. The Morgan fingerprint density at radius 2 is 1.96 bits per heavy atom. The first-order valence-electron chi connectivity index (χ1n) is 8.51. The largest absolute Gasteiger partial charge is 0.378 e. The first kappa shape index (κ1) is 17.2. The van der Waals surface area contributed by atoms with Gasteiger partial charge in [0.05, 0.1) is 25.8 Å². The van der Waals surface area contributed by atoms with Gasteiger partial charge in [0.25, 0.3) is 0 Å². The van der Waals surface area contributed by atoms with Crippen molar-refractivity contribution in [2.75, 3.05) is 31.2 Å². The zero-order chi connectivity index (χ0) is 17.5. The molecule has 1 N–H and O–H groups in total. The first-order chi connectivity index (χ1) is 12.2. The quantitative estimate of drug-likeness (QED) is 0.674. The van der Waals surface area contributed by atoms with E-state index in [1.165, 1.54) is 5.69 Å². The van der Waals surface area contributed by atoms with Gasteiger partial charge in [-0.15, -0.1) is 0 Å². The predicted molar refractivity (Wildman–Crippen MR) is 100 cm³/mol. The predicted octanol–water partition coefficient (Wildman–Crippen LogP) is 2.52. The number of nitrogens with one attached hydrogen (secondary N) is 1. The minimum atomic E-state index is -0.120. The van der Waals surface area contributed by atoms with E-state index < -0.39 is 0 Å². The van der Waals surface area contributed by atoms with Gasteiger partial charge in [-0.2, -0.15) is 5.10 Å². The molecule has 0 spiro atoms. The second-order valence-corrected chi connectivity index (χ2v) is 6.10. The van der Waals surface area contributed by atoms with Crippen molar-refractivity contribution in [2.45, 2.75) is 13.3 Å². The first-order valence-corrected chi connectivity index (χ1v) is 8.51. The van der Waals surface area contributed by atoms with Crippen molar-refractivity contribution in [2.24, 2.45) is 5.10 Å². The number of hydrogen-bond acceptors (Lipinski definition) is 4. The Labute approximate surface area is 148 Å². The summed E-state index contributed by atoms with van der Waals surface area (Å²) >= 11 is 0. The Morgan fingerprint density at radius 3 is 2.68 bits per heavy atom. The molecule has 130 valence electrons. The molecule has 25 heavy (non-hydrogen) atoms. The number of morpholine rings is 1. The molecule has 5 heteroatoms. The number of rotatable bonds is 5. The lowest BCUT2D eigenvalue weighted by Crippen LogP contribution is -2.36. The van der Waals surface area contributed by atoms with Crippen molar-refractivity contribution in [1.29, 1.82) is 0 Å². The van der Waals surface area contributed by atoms with Crippen LogP contribution < -0.4 is 10.3 Å². The number of anilines is 1. The fourth-order valence-corrected chi connectivity index (χ4v) is 2.82. The van der Waals surface area contributed by atoms with Gasteiger partial charge in [-0.25, -0.2) is 5.43 Å². The molecule has 0 saturated carbocycles. The lowest BCUT2D eigenvalue weighted by Gasteiger charge is -2.29. The summed E-state index contributed by atoms with van der Waals surface area (Å²) in [6, 6.07) is 15.9. The number of carbonyl (C=O) groups excluding carboxylic acids is 1. The third-order valence-electron chi connectivity index (χ3n) is 4.23. The Bertz CT molecular complexity index is 738. The fraction of sp³-hybridized carbons (Fsp3) is 0.300. The fourth-order valence-electron chi connectivity index (χ4n) is 2.82. The normalized spacial score (nSPS) is 14.7. The van der Waals surface area contributed by atoms with Crippen molar-refractivity contribution in [3.8, 4) is 0 Å². The second kappa shape index (κ2) is 8.44. The number of amides is 1. The van der Waals surface area contributed by atoms with E-state index in [0.29, 0.717) is 6.42 Å². The van der Waals surface area contributed by atoms with Crippen molar-refractivity contribution < 1.29 is 9.53 Å². The van der Waals surface area contributed by atoms with Gasteiger partial charge in [-0.05, 0) is 35.7 Å². The molecule has 0 bridgehead atoms. The van der Waals surface area contributed by atoms with Crippen LogP contribution in [0.25, 0.3) is 0 Å². The van der Waals surface area contributed by atoms with Crippen LogP contribution in [0.15, 0.2) is 53.6 Å². The Hall–Kier alpha value is -2.66. The zero-order valence-corrected chi connectivity index (χ0v) is 14.4. The van der Waals surface area contributed by atoms with Crippen LogP contribution in [0, 0.1) is 6.92 Å². The van der Waals surface area contributed by atoms with Crippen LogP contribution in [-0.2, 0) is 16.0 Å². The molecule has 1 saturated heterocycles. The maximum Gasteiger partial charge on any atom is 0.244 e. The van der Waals surface area contributed by atoms with Crippen LogP contribution in [0.5, 0.6) is 0 Å². The third-order valence-corrected chi connectivity index (χ3v) is 4.23. The van der Waals surface area contributed by atoms with Crippen molar-refractivity contribution in [3.05, 3.63) is 65.2 Å². The summed E-state index contributed by atoms with van der Waals surface area (Å²) in [6.45, 7) is 5.44. The molecule has 0 unspecified atom stereocenters. The highest BCUT2D eigenvalue weighted by Gasteiger charge is 2.11. The summed E-state index contributed by atoms with van der Waals surface area (Å²) in [4.78, 5) is 14.2. The van der Waals surface area contributed by atoms with E-state index in [0.717, 1.165) is 43.0 Å². The lowest BCUT2D eigenvalue weighted by molar-refractivity contribution is -0.120. The molecule has 1 heterocycles. The SMILES string of the molecule is Cc1cc(N2CCOCC2)ccc1/C=N\NC(=O)Cc1ccccc1. The van der Waals surface area contributed by atoms with E-state index in [2.05, 4.69) is 34.5 Å². The van der Waals surface area contributed by atoms with Crippen molar-refractivity contribution >= 4 is 17.8 Å². The van der Waals surface area contributed by atoms with Crippen LogP contribution in [0.3, 0.4) is 0 Å². The molecule has 0 radical (unpaired) electrons. The molecule has 3 rings (SSSR count). The molecular formula is C20H23N3O2. The third kappa shape index (κ3) is 4.90. The summed E-state index contributed by atoms with van der Waals surface area (Å²) in [5.74, 6) is -0.120. The molecule has 0 atom stereocenters. The average molecular weight is 337 g/mol. The Balaban J connectivity index is 1.56. The molecule has 0 aliphatic carbocycles. The minimum Gasteiger partial charge on any atom is -0.378 e. The van der Waals surface area contributed by atoms with Crippen LogP contribution in [-0.4, -0.2) is 38.4 Å². The molecule has 1 amide bonds. The van der Waals surface area contributed by atoms with Gasteiger partial charge in [-0.3, -0.25) is 4.79 Å². The monoisotopic (exact) mass is 337 g/mol. The van der Waals surface area contributed by atoms with Crippen molar-refractivity contribution in [1.82, 2.24) is 5.43 Å². The zero-order valence-electron chi connectivity index (χ0n) is 14.4. The van der Waals surface area contributed by atoms with Gasteiger partial charge in [0.2, 0.25) is 5.91 Å². The molecule has 1 aliphatic heterocycles. The second-order valence-electron chi connectivity index (χ2n) is 6.10. The number of aryl methyl sites for hydroxylation is 1. The molecular weight excluding hydrogens is 314 g/mol. The van der Waals surface area contributed by atoms with Gasteiger partial charge in [0.1, 0.15) is 0 Å². The highest BCUT2D eigenvalue weighted by atomic mass is 16.5. The summed E-state index contributed by atoms with van der Waals surface area (Å²) in [7, 11) is 0. The molecule has 2 aromatic rings. The standard InChI is InChI=1S/C20H23N3O2/c1-16-13-19(23-9-11-25-12-10-23)8-7-18(16)15-21-22-20(24)14-17-5-3-2-4-6-17/h2-8,13,15H,9-12,14H2,1H3,(H,22,24)/b21-15-. The molecule has 5 nitrogen and oxygen atoms in total. The summed E-state index contributed by atoms with van der Waals surface area (Å²) < 4.78 is 5.39. The van der Waals surface area contributed by atoms with Gasteiger partial charge >= 0.3 is 0 Å². The summed E-state index contributed by atoms with van der Waals surface area (Å²) in [6.07, 6.45) is 2.02. The molecule has 1 aliphatic rings.